The summed E-state index contributed by atoms with van der Waals surface area (Å²) in [7, 11) is 0. The summed E-state index contributed by atoms with van der Waals surface area (Å²) in [6.45, 7) is 2.43. The maximum absolute atomic E-state index is 10.7. The molecule has 0 aliphatic carbocycles. The quantitative estimate of drug-likeness (QED) is 0.762. The Morgan fingerprint density at radius 3 is 2.95 bits per heavy atom. The van der Waals surface area contributed by atoms with Crippen LogP contribution in [0.4, 0.5) is 5.69 Å². The van der Waals surface area contributed by atoms with E-state index in [9.17, 15) is 4.79 Å². The molecule has 0 fully saturated rings. The van der Waals surface area contributed by atoms with Gasteiger partial charge in [0.15, 0.2) is 5.65 Å². The van der Waals surface area contributed by atoms with Gasteiger partial charge in [-0.2, -0.15) is 5.10 Å². The number of primary amides is 1. The molecule has 4 N–H and O–H groups in total. The average molecular weight is 267 g/mol. The number of nitrogens with zero attached hydrogens (tertiary/aromatic N) is 3. The van der Waals surface area contributed by atoms with Crippen LogP contribution >= 0.6 is 0 Å². The third kappa shape index (κ3) is 2.70. The summed E-state index contributed by atoms with van der Waals surface area (Å²) < 4.78 is 1.74. The normalized spacial score (nSPS) is 9.45. The van der Waals surface area contributed by atoms with Gasteiger partial charge in [-0.3, -0.25) is 4.79 Å². The predicted octanol–water partition coefficient (Wildman–Crippen LogP) is 0.264. The standard InChI is InChI=1S/C14H13N5O/c1-2-3-4-7-19-14-11(9-18-19)13(16)10(8-17-14)5-6-12(15)20/h8-9H,4,7H2,1H3,(H2,15,20)(H2,16,17). The van der Waals surface area contributed by atoms with E-state index in [1.54, 1.807) is 17.8 Å². The largest absolute Gasteiger partial charge is 0.397 e. The van der Waals surface area contributed by atoms with Gasteiger partial charge in [-0.25, -0.2) is 9.67 Å². The zero-order valence-electron chi connectivity index (χ0n) is 11.0. The van der Waals surface area contributed by atoms with Gasteiger partial charge in [-0.05, 0) is 6.92 Å². The minimum Gasteiger partial charge on any atom is -0.397 e. The van der Waals surface area contributed by atoms with Gasteiger partial charge in [0.1, 0.15) is 0 Å². The van der Waals surface area contributed by atoms with E-state index in [0.29, 0.717) is 35.2 Å². The van der Waals surface area contributed by atoms with Crippen molar-refractivity contribution in [2.24, 2.45) is 5.73 Å². The fraction of sp³-hybridized carbons (Fsp3) is 0.214. The Labute approximate surface area is 116 Å². The smallest absolute Gasteiger partial charge is 0.293 e. The summed E-state index contributed by atoms with van der Waals surface area (Å²) in [5, 5.41) is 4.93. The van der Waals surface area contributed by atoms with Crippen molar-refractivity contribution in [3.8, 4) is 23.7 Å². The van der Waals surface area contributed by atoms with Gasteiger partial charge in [0, 0.05) is 18.5 Å². The molecule has 0 aliphatic heterocycles. The zero-order chi connectivity index (χ0) is 14.5. The molecule has 6 heteroatoms. The highest BCUT2D eigenvalue weighted by atomic mass is 16.1. The molecule has 0 saturated carbocycles. The van der Waals surface area contributed by atoms with Crippen molar-refractivity contribution in [2.45, 2.75) is 19.9 Å². The third-order valence-corrected chi connectivity index (χ3v) is 2.65. The second kappa shape index (κ2) is 5.77. The molecule has 100 valence electrons. The molecular formula is C14H13N5O. The van der Waals surface area contributed by atoms with Crippen LogP contribution < -0.4 is 11.5 Å². The van der Waals surface area contributed by atoms with E-state index < -0.39 is 5.91 Å². The summed E-state index contributed by atoms with van der Waals surface area (Å²) in [4.78, 5) is 14.9. The van der Waals surface area contributed by atoms with Crippen molar-refractivity contribution in [1.29, 1.82) is 0 Å². The van der Waals surface area contributed by atoms with Crippen molar-refractivity contribution in [1.82, 2.24) is 14.8 Å². The van der Waals surface area contributed by atoms with Crippen LogP contribution in [0.1, 0.15) is 18.9 Å². The number of hydrogen-bond acceptors (Lipinski definition) is 4. The van der Waals surface area contributed by atoms with Crippen LogP contribution in [0.5, 0.6) is 0 Å². The zero-order valence-corrected chi connectivity index (χ0v) is 11.0. The summed E-state index contributed by atoms with van der Waals surface area (Å²) in [5.41, 5.74) is 12.5. The third-order valence-electron chi connectivity index (χ3n) is 2.65. The SMILES string of the molecule is CC#CCCn1ncc2c(N)c(C#CC(N)=O)cnc21. The highest BCUT2D eigenvalue weighted by Gasteiger charge is 2.09. The Kier molecular flexibility index (Phi) is 3.88. The maximum atomic E-state index is 10.7. The van der Waals surface area contributed by atoms with Gasteiger partial charge in [-0.15, -0.1) is 11.8 Å². The molecule has 0 saturated heterocycles. The van der Waals surface area contributed by atoms with Crippen molar-refractivity contribution in [2.75, 3.05) is 5.73 Å². The molecule has 2 aromatic heterocycles. The van der Waals surface area contributed by atoms with Crippen molar-refractivity contribution in [3.05, 3.63) is 18.0 Å². The van der Waals surface area contributed by atoms with Crippen LogP contribution in [0.3, 0.4) is 0 Å². The van der Waals surface area contributed by atoms with E-state index in [4.69, 9.17) is 11.5 Å². The number of amides is 1. The number of fused-ring (bicyclic) bond motifs is 1. The lowest BCUT2D eigenvalue weighted by molar-refractivity contribution is -0.112. The van der Waals surface area contributed by atoms with Gasteiger partial charge in [0.25, 0.3) is 5.91 Å². The number of aryl methyl sites for hydroxylation is 1. The molecule has 2 aromatic rings. The Hall–Kier alpha value is -2.99. The van der Waals surface area contributed by atoms with Crippen LogP contribution in [0, 0.1) is 23.7 Å². The van der Waals surface area contributed by atoms with Crippen molar-refractivity contribution >= 4 is 22.6 Å². The average Bonchev–Trinajstić information content (AvgIpc) is 2.82. The summed E-state index contributed by atoms with van der Waals surface area (Å²) in [5.74, 6) is 9.92. The summed E-state index contributed by atoms with van der Waals surface area (Å²) in [6, 6.07) is 0. The molecule has 2 heterocycles. The molecule has 0 bridgehead atoms. The van der Waals surface area contributed by atoms with Gasteiger partial charge in [0.2, 0.25) is 0 Å². The fourth-order valence-electron chi connectivity index (χ4n) is 1.72. The first-order valence-corrected chi connectivity index (χ1v) is 5.94. The second-order valence-corrected chi connectivity index (χ2v) is 3.98. The molecule has 2 rings (SSSR count). The van der Waals surface area contributed by atoms with Crippen LogP contribution in [-0.2, 0) is 11.3 Å². The van der Waals surface area contributed by atoms with Crippen LogP contribution in [0.25, 0.3) is 11.0 Å². The van der Waals surface area contributed by atoms with Gasteiger partial charge < -0.3 is 11.5 Å². The number of hydrogen-bond donors (Lipinski definition) is 2. The monoisotopic (exact) mass is 267 g/mol. The number of carbonyl (C=O) groups excluding carboxylic acids is 1. The lowest BCUT2D eigenvalue weighted by Crippen LogP contribution is -2.06. The first-order valence-electron chi connectivity index (χ1n) is 5.94. The second-order valence-electron chi connectivity index (χ2n) is 3.98. The molecule has 0 aliphatic rings. The Bertz CT molecular complexity index is 783. The first-order chi connectivity index (χ1) is 9.63. The highest BCUT2D eigenvalue weighted by molar-refractivity contribution is 5.95. The molecule has 0 aromatic carbocycles. The molecule has 1 amide bonds. The van der Waals surface area contributed by atoms with E-state index >= 15 is 0 Å². The number of pyridine rings is 1. The number of rotatable bonds is 2. The fourth-order valence-corrected chi connectivity index (χ4v) is 1.72. The molecule has 0 spiro atoms. The first kappa shape index (κ1) is 13.4. The molecule has 0 radical (unpaired) electrons. The number of aromatic nitrogens is 3. The topological polar surface area (TPSA) is 99.8 Å². The van der Waals surface area contributed by atoms with Gasteiger partial charge in [-0.1, -0.05) is 5.92 Å². The molecule has 20 heavy (non-hydrogen) atoms. The predicted molar refractivity (Wildman–Crippen MR) is 76.1 cm³/mol. The molecule has 6 nitrogen and oxygen atoms in total. The van der Waals surface area contributed by atoms with Crippen LogP contribution in [0.2, 0.25) is 0 Å². The number of nitrogens with two attached hydrogens (primary N) is 2. The summed E-state index contributed by atoms with van der Waals surface area (Å²) in [6.07, 6.45) is 3.84. The Morgan fingerprint density at radius 1 is 1.45 bits per heavy atom. The van der Waals surface area contributed by atoms with Crippen molar-refractivity contribution < 1.29 is 4.79 Å². The lowest BCUT2D eigenvalue weighted by Gasteiger charge is -2.02. The van der Waals surface area contributed by atoms with Gasteiger partial charge in [0.05, 0.1) is 29.4 Å². The van der Waals surface area contributed by atoms with Crippen LogP contribution in [-0.4, -0.2) is 20.7 Å². The number of anilines is 1. The minimum absolute atomic E-state index is 0.441. The van der Waals surface area contributed by atoms with E-state index in [2.05, 4.69) is 33.8 Å². The minimum atomic E-state index is -0.710. The van der Waals surface area contributed by atoms with Gasteiger partial charge >= 0.3 is 0 Å². The molecular weight excluding hydrogens is 254 g/mol. The molecule has 0 unspecified atom stereocenters. The van der Waals surface area contributed by atoms with Crippen molar-refractivity contribution in [3.63, 3.8) is 0 Å². The number of carbonyl (C=O) groups is 1. The Morgan fingerprint density at radius 2 is 2.25 bits per heavy atom. The maximum Gasteiger partial charge on any atom is 0.293 e. The summed E-state index contributed by atoms with van der Waals surface area (Å²) >= 11 is 0. The molecule has 0 atom stereocenters. The van der Waals surface area contributed by atoms with E-state index in [0.717, 1.165) is 0 Å². The lowest BCUT2D eigenvalue weighted by atomic mass is 10.2. The van der Waals surface area contributed by atoms with E-state index in [1.165, 1.54) is 6.20 Å². The highest BCUT2D eigenvalue weighted by Crippen LogP contribution is 2.22. The van der Waals surface area contributed by atoms with Crippen LogP contribution in [0.15, 0.2) is 12.4 Å². The Balaban J connectivity index is 2.40. The van der Waals surface area contributed by atoms with E-state index in [1.807, 2.05) is 0 Å². The van der Waals surface area contributed by atoms with E-state index in [-0.39, 0.29) is 0 Å². The number of nitrogen functional groups attached to an aromatic ring is 1.